The molecule has 6 nitrogen and oxygen atoms in total. The van der Waals surface area contributed by atoms with Crippen molar-refractivity contribution in [3.8, 4) is 17.1 Å². The maximum atomic E-state index is 13.5. The number of halogens is 2. The Hall–Kier alpha value is -2.90. The van der Waals surface area contributed by atoms with Gasteiger partial charge >= 0.3 is 5.97 Å². The number of benzene rings is 2. The number of ether oxygens (including phenoxy) is 3. The maximum Gasteiger partial charge on any atom is 0.308 e. The molecule has 0 spiro atoms. The van der Waals surface area contributed by atoms with Crippen LogP contribution in [0.5, 0.6) is 5.75 Å². The van der Waals surface area contributed by atoms with Crippen LogP contribution >= 0.6 is 11.6 Å². The average molecular weight is 447 g/mol. The van der Waals surface area contributed by atoms with E-state index in [1.54, 1.807) is 24.3 Å². The summed E-state index contributed by atoms with van der Waals surface area (Å²) < 4.78 is 35.3. The first-order valence-electron chi connectivity index (χ1n) is 9.80. The van der Waals surface area contributed by atoms with Crippen LogP contribution in [0.3, 0.4) is 0 Å². The van der Waals surface area contributed by atoms with Crippen molar-refractivity contribution in [1.29, 1.82) is 0 Å². The van der Waals surface area contributed by atoms with Gasteiger partial charge in [0.25, 0.3) is 0 Å². The molecular weight excluding hydrogens is 427 g/mol. The van der Waals surface area contributed by atoms with Gasteiger partial charge in [-0.3, -0.25) is 9.59 Å². The first-order valence-corrected chi connectivity index (χ1v) is 10.2. The Balaban J connectivity index is 1.34. The second-order valence-corrected chi connectivity index (χ2v) is 7.70. The Morgan fingerprint density at radius 3 is 2.61 bits per heavy atom. The van der Waals surface area contributed by atoms with Gasteiger partial charge in [0.2, 0.25) is 0 Å². The maximum absolute atomic E-state index is 13.5. The van der Waals surface area contributed by atoms with E-state index in [1.807, 2.05) is 0 Å². The van der Waals surface area contributed by atoms with Crippen molar-refractivity contribution in [2.45, 2.75) is 18.9 Å². The molecule has 0 amide bonds. The first-order chi connectivity index (χ1) is 14.9. The number of hydrogen-bond donors (Lipinski definition) is 0. The molecule has 0 bridgehead atoms. The number of fused-ring (bicyclic) bond motifs is 1. The summed E-state index contributed by atoms with van der Waals surface area (Å²) in [5.41, 5.74) is 0.431. The number of rotatable bonds is 7. The summed E-state index contributed by atoms with van der Waals surface area (Å²) in [5, 5.41) is 0.136. The molecule has 162 valence electrons. The van der Waals surface area contributed by atoms with Gasteiger partial charge in [0, 0.05) is 11.6 Å². The smallest absolute Gasteiger partial charge is 0.308 e. The molecule has 1 heterocycles. The SMILES string of the molecule is COC(=O)C1CC(OCCOc2ccc(-c3cc(=O)c4cc(F)cc(Cl)c4o3)cc2)C1. The summed E-state index contributed by atoms with van der Waals surface area (Å²) in [6.45, 7) is 0.778. The lowest BCUT2D eigenvalue weighted by Gasteiger charge is -2.32. The summed E-state index contributed by atoms with van der Waals surface area (Å²) >= 11 is 6.03. The highest BCUT2D eigenvalue weighted by Gasteiger charge is 2.35. The van der Waals surface area contributed by atoms with Crippen LogP contribution in [-0.4, -0.2) is 32.4 Å². The molecule has 1 saturated carbocycles. The van der Waals surface area contributed by atoms with E-state index in [9.17, 15) is 14.0 Å². The van der Waals surface area contributed by atoms with Crippen LogP contribution in [0, 0.1) is 11.7 Å². The third kappa shape index (κ3) is 4.73. The number of carbonyl (C=O) groups excluding carboxylic acids is 1. The molecule has 0 atom stereocenters. The van der Waals surface area contributed by atoms with Crippen LogP contribution in [0.25, 0.3) is 22.3 Å². The minimum Gasteiger partial charge on any atom is -0.491 e. The van der Waals surface area contributed by atoms with E-state index in [2.05, 4.69) is 0 Å². The number of carbonyl (C=O) groups is 1. The van der Waals surface area contributed by atoms with Crippen molar-refractivity contribution < 1.29 is 27.8 Å². The fourth-order valence-electron chi connectivity index (χ4n) is 3.48. The van der Waals surface area contributed by atoms with Gasteiger partial charge in [-0.25, -0.2) is 4.39 Å². The highest BCUT2D eigenvalue weighted by Crippen LogP contribution is 2.31. The van der Waals surface area contributed by atoms with Gasteiger partial charge in [-0.15, -0.1) is 0 Å². The molecule has 31 heavy (non-hydrogen) atoms. The summed E-state index contributed by atoms with van der Waals surface area (Å²) in [6, 6.07) is 10.5. The molecule has 0 saturated heterocycles. The zero-order valence-electron chi connectivity index (χ0n) is 16.7. The van der Waals surface area contributed by atoms with Crippen molar-refractivity contribution in [2.75, 3.05) is 20.3 Å². The van der Waals surface area contributed by atoms with Crippen molar-refractivity contribution in [3.05, 3.63) is 63.5 Å². The average Bonchev–Trinajstić information content (AvgIpc) is 2.73. The Morgan fingerprint density at radius 1 is 1.16 bits per heavy atom. The summed E-state index contributed by atoms with van der Waals surface area (Å²) in [7, 11) is 1.39. The number of methoxy groups -OCH3 is 1. The van der Waals surface area contributed by atoms with Gasteiger partial charge in [-0.05, 0) is 49.2 Å². The normalized spacial score (nSPS) is 17.9. The lowest BCUT2D eigenvalue weighted by Crippen LogP contribution is -2.37. The summed E-state index contributed by atoms with van der Waals surface area (Å²) in [5.74, 6) is 0.117. The van der Waals surface area contributed by atoms with Crippen LogP contribution in [-0.2, 0) is 14.3 Å². The Kier molecular flexibility index (Phi) is 6.25. The van der Waals surface area contributed by atoms with E-state index in [0.29, 0.717) is 43.1 Å². The minimum atomic E-state index is -0.594. The molecule has 1 aliphatic carbocycles. The fourth-order valence-corrected chi connectivity index (χ4v) is 3.72. The molecule has 3 aromatic rings. The quantitative estimate of drug-likeness (QED) is 0.390. The van der Waals surface area contributed by atoms with Gasteiger partial charge in [-0.1, -0.05) is 11.6 Å². The molecule has 4 rings (SSSR count). The molecule has 1 aliphatic rings. The van der Waals surface area contributed by atoms with Gasteiger partial charge < -0.3 is 18.6 Å². The van der Waals surface area contributed by atoms with Crippen molar-refractivity contribution in [1.82, 2.24) is 0 Å². The van der Waals surface area contributed by atoms with E-state index in [0.717, 1.165) is 12.1 Å². The van der Waals surface area contributed by atoms with Crippen molar-refractivity contribution >= 4 is 28.5 Å². The highest BCUT2D eigenvalue weighted by atomic mass is 35.5. The topological polar surface area (TPSA) is 75.0 Å². The molecule has 8 heteroatoms. The molecule has 0 radical (unpaired) electrons. The van der Waals surface area contributed by atoms with Gasteiger partial charge in [0.05, 0.1) is 36.1 Å². The molecule has 0 aliphatic heterocycles. The predicted molar refractivity (Wildman–Crippen MR) is 113 cm³/mol. The van der Waals surface area contributed by atoms with E-state index in [-0.39, 0.29) is 39.4 Å². The van der Waals surface area contributed by atoms with E-state index in [1.165, 1.54) is 13.2 Å². The van der Waals surface area contributed by atoms with E-state index < -0.39 is 5.82 Å². The fraction of sp³-hybridized carbons (Fsp3) is 0.304. The summed E-state index contributed by atoms with van der Waals surface area (Å²) in [4.78, 5) is 23.7. The number of hydrogen-bond acceptors (Lipinski definition) is 6. The monoisotopic (exact) mass is 446 g/mol. The largest absolute Gasteiger partial charge is 0.491 e. The van der Waals surface area contributed by atoms with Crippen molar-refractivity contribution in [3.63, 3.8) is 0 Å². The molecule has 1 fully saturated rings. The molecular formula is C23H20ClFO6. The predicted octanol–water partition coefficient (Wildman–Crippen LogP) is 4.60. The van der Waals surface area contributed by atoms with Crippen LogP contribution in [0.15, 0.2) is 51.7 Å². The zero-order chi connectivity index (χ0) is 22.0. The Bertz CT molecular complexity index is 1150. The minimum absolute atomic E-state index is 0.0401. The van der Waals surface area contributed by atoms with Crippen LogP contribution in [0.1, 0.15) is 12.8 Å². The first kappa shape index (κ1) is 21.3. The summed E-state index contributed by atoms with van der Waals surface area (Å²) in [6.07, 6.45) is 1.41. The third-order valence-corrected chi connectivity index (χ3v) is 5.50. The molecule has 0 unspecified atom stereocenters. The molecule has 1 aromatic heterocycles. The van der Waals surface area contributed by atoms with E-state index >= 15 is 0 Å². The van der Waals surface area contributed by atoms with Crippen molar-refractivity contribution in [2.24, 2.45) is 5.92 Å². The van der Waals surface area contributed by atoms with E-state index in [4.69, 9.17) is 30.2 Å². The Morgan fingerprint density at radius 2 is 1.90 bits per heavy atom. The zero-order valence-corrected chi connectivity index (χ0v) is 17.5. The lowest BCUT2D eigenvalue weighted by molar-refractivity contribution is -0.155. The second-order valence-electron chi connectivity index (χ2n) is 7.30. The second kappa shape index (κ2) is 9.08. The van der Waals surface area contributed by atoms with Gasteiger partial charge in [0.1, 0.15) is 23.9 Å². The third-order valence-electron chi connectivity index (χ3n) is 5.22. The van der Waals surface area contributed by atoms with Crippen LogP contribution < -0.4 is 10.2 Å². The van der Waals surface area contributed by atoms with Gasteiger partial charge in [-0.2, -0.15) is 0 Å². The van der Waals surface area contributed by atoms with Crippen LogP contribution in [0.2, 0.25) is 5.02 Å². The Labute approximate surface area is 182 Å². The highest BCUT2D eigenvalue weighted by molar-refractivity contribution is 6.34. The lowest BCUT2D eigenvalue weighted by atomic mass is 9.82. The molecule has 2 aromatic carbocycles. The molecule has 0 N–H and O–H groups in total. The standard InChI is InChI=1S/C23H20ClFO6/c1-28-23(27)14-8-17(9-14)30-7-6-29-16-4-2-13(3-5-16)21-12-20(26)18-10-15(25)11-19(24)22(18)31-21/h2-5,10-12,14,17H,6-9H2,1H3. The van der Waals surface area contributed by atoms with Gasteiger partial charge in [0.15, 0.2) is 11.0 Å². The van der Waals surface area contributed by atoms with Crippen LogP contribution in [0.4, 0.5) is 4.39 Å². The number of esters is 1.